The van der Waals surface area contributed by atoms with E-state index in [0.717, 1.165) is 5.56 Å². The number of carbonyl (C=O) groups is 1. The zero-order chi connectivity index (χ0) is 17.6. The highest BCUT2D eigenvalue weighted by molar-refractivity contribution is 5.74. The van der Waals surface area contributed by atoms with Crippen molar-refractivity contribution in [3.8, 4) is 17.1 Å². The highest BCUT2D eigenvalue weighted by Gasteiger charge is 2.17. The lowest BCUT2D eigenvalue weighted by molar-refractivity contribution is -0.152. The van der Waals surface area contributed by atoms with Gasteiger partial charge in [-0.05, 0) is 31.2 Å². The third-order valence-corrected chi connectivity index (χ3v) is 3.44. The van der Waals surface area contributed by atoms with Crippen molar-refractivity contribution in [3.05, 3.63) is 72.2 Å². The molecule has 1 heterocycles. The van der Waals surface area contributed by atoms with Crippen molar-refractivity contribution in [2.45, 2.75) is 19.6 Å². The van der Waals surface area contributed by atoms with Gasteiger partial charge in [0.1, 0.15) is 23.9 Å². The maximum absolute atomic E-state index is 12.9. The van der Waals surface area contributed by atoms with E-state index in [1.54, 1.807) is 13.0 Å². The first-order valence-corrected chi connectivity index (χ1v) is 7.72. The molecule has 0 fully saturated rings. The summed E-state index contributed by atoms with van der Waals surface area (Å²) in [5.74, 6) is 0.0670. The number of ether oxygens (including phenoxy) is 2. The molecule has 0 aliphatic carbocycles. The quantitative estimate of drug-likeness (QED) is 0.634. The van der Waals surface area contributed by atoms with Crippen LogP contribution in [0.25, 0.3) is 11.3 Å². The fraction of sp³-hybridized carbons (Fsp3) is 0.158. The molecule has 0 unspecified atom stereocenters. The molecule has 0 aliphatic heterocycles. The molecule has 0 N–H and O–H groups in total. The Balaban J connectivity index is 1.53. The van der Waals surface area contributed by atoms with Crippen molar-refractivity contribution < 1.29 is 23.2 Å². The largest absolute Gasteiger partial charge is 0.479 e. The number of hydrogen-bond donors (Lipinski definition) is 0. The number of halogens is 1. The summed E-state index contributed by atoms with van der Waals surface area (Å²) < 4.78 is 28.7. The number of nitrogens with zero attached hydrogens (tertiary/aromatic N) is 1. The molecule has 5 nitrogen and oxygen atoms in total. The van der Waals surface area contributed by atoms with E-state index in [1.165, 1.54) is 24.3 Å². The van der Waals surface area contributed by atoms with Crippen LogP contribution in [0.2, 0.25) is 0 Å². The van der Waals surface area contributed by atoms with Crippen LogP contribution in [0.4, 0.5) is 4.39 Å². The summed E-state index contributed by atoms with van der Waals surface area (Å²) in [6.07, 6.45) is -0.828. The van der Waals surface area contributed by atoms with E-state index in [9.17, 15) is 9.18 Å². The van der Waals surface area contributed by atoms with Crippen LogP contribution >= 0.6 is 0 Å². The number of carbonyl (C=O) groups excluding carboxylic acids is 1. The molecule has 0 saturated heterocycles. The second-order valence-corrected chi connectivity index (χ2v) is 5.37. The monoisotopic (exact) mass is 341 g/mol. The summed E-state index contributed by atoms with van der Waals surface area (Å²) in [4.78, 5) is 12.0. The Hall–Kier alpha value is -3.15. The number of hydrogen-bond acceptors (Lipinski definition) is 5. The number of esters is 1. The van der Waals surface area contributed by atoms with E-state index in [-0.39, 0.29) is 12.4 Å². The van der Waals surface area contributed by atoms with E-state index in [4.69, 9.17) is 14.0 Å². The summed E-state index contributed by atoms with van der Waals surface area (Å²) in [5.41, 5.74) is 1.39. The van der Waals surface area contributed by atoms with Crippen LogP contribution in [-0.2, 0) is 16.1 Å². The first kappa shape index (κ1) is 16.7. The van der Waals surface area contributed by atoms with Crippen molar-refractivity contribution in [1.29, 1.82) is 0 Å². The molecule has 2 aromatic carbocycles. The molecule has 0 radical (unpaired) electrons. The van der Waals surface area contributed by atoms with Gasteiger partial charge in [0.05, 0.1) is 0 Å². The Kier molecular flexibility index (Phi) is 5.09. The third-order valence-electron chi connectivity index (χ3n) is 3.44. The maximum Gasteiger partial charge on any atom is 0.347 e. The predicted molar refractivity (Wildman–Crippen MR) is 88.2 cm³/mol. The molecule has 3 aromatic rings. The zero-order valence-corrected chi connectivity index (χ0v) is 13.5. The maximum atomic E-state index is 12.9. The Morgan fingerprint density at radius 3 is 2.60 bits per heavy atom. The SMILES string of the molecule is C[C@H](Oc1ccc(F)cc1)C(=O)OCc1cc(-c2ccccc2)on1. The van der Waals surface area contributed by atoms with Crippen molar-refractivity contribution in [3.63, 3.8) is 0 Å². The van der Waals surface area contributed by atoms with Gasteiger partial charge in [-0.15, -0.1) is 0 Å². The molecule has 1 atom stereocenters. The minimum absolute atomic E-state index is 0.0215. The molecular weight excluding hydrogens is 325 g/mol. The van der Waals surface area contributed by atoms with E-state index in [2.05, 4.69) is 5.16 Å². The highest BCUT2D eigenvalue weighted by Crippen LogP contribution is 2.20. The van der Waals surface area contributed by atoms with Crippen molar-refractivity contribution in [2.24, 2.45) is 0 Å². The van der Waals surface area contributed by atoms with Crippen molar-refractivity contribution in [1.82, 2.24) is 5.16 Å². The Morgan fingerprint density at radius 2 is 1.88 bits per heavy atom. The number of rotatable bonds is 6. The molecule has 25 heavy (non-hydrogen) atoms. The second kappa shape index (κ2) is 7.61. The summed E-state index contributed by atoms with van der Waals surface area (Å²) >= 11 is 0. The van der Waals surface area contributed by atoms with Crippen molar-refractivity contribution in [2.75, 3.05) is 0 Å². The highest BCUT2D eigenvalue weighted by atomic mass is 19.1. The molecule has 1 aromatic heterocycles. The lowest BCUT2D eigenvalue weighted by Crippen LogP contribution is -2.26. The molecule has 3 rings (SSSR count). The van der Waals surface area contributed by atoms with E-state index < -0.39 is 12.1 Å². The minimum Gasteiger partial charge on any atom is -0.479 e. The van der Waals surface area contributed by atoms with Gasteiger partial charge in [0.2, 0.25) is 0 Å². The molecular formula is C19H16FNO4. The van der Waals surface area contributed by atoms with Gasteiger partial charge in [0.15, 0.2) is 11.9 Å². The Labute approximate surface area is 144 Å². The lowest BCUT2D eigenvalue weighted by atomic mass is 10.2. The van der Waals surface area contributed by atoms with Crippen LogP contribution in [0.5, 0.6) is 5.75 Å². The van der Waals surface area contributed by atoms with Crippen LogP contribution in [0.1, 0.15) is 12.6 Å². The van der Waals surface area contributed by atoms with Gasteiger partial charge >= 0.3 is 5.97 Å². The topological polar surface area (TPSA) is 61.6 Å². The summed E-state index contributed by atoms with van der Waals surface area (Å²) in [7, 11) is 0. The first-order chi connectivity index (χ1) is 12.1. The number of aromatic nitrogens is 1. The van der Waals surface area contributed by atoms with E-state index in [1.807, 2.05) is 30.3 Å². The van der Waals surface area contributed by atoms with Gasteiger partial charge in [-0.1, -0.05) is 35.5 Å². The summed E-state index contributed by atoms with van der Waals surface area (Å²) in [5, 5.41) is 3.88. The molecule has 6 heteroatoms. The standard InChI is InChI=1S/C19H16FNO4/c1-13(24-17-9-7-15(20)8-10-17)19(22)23-12-16-11-18(25-21-16)14-5-3-2-4-6-14/h2-11,13H,12H2,1H3/t13-/m0/s1. The second-order valence-electron chi connectivity index (χ2n) is 5.37. The van der Waals surface area contributed by atoms with Gasteiger partial charge in [0.25, 0.3) is 0 Å². The average Bonchev–Trinajstić information content (AvgIpc) is 3.11. The minimum atomic E-state index is -0.828. The van der Waals surface area contributed by atoms with Crippen LogP contribution in [0.15, 0.2) is 65.2 Å². The lowest BCUT2D eigenvalue weighted by Gasteiger charge is -2.13. The normalized spacial score (nSPS) is 11.8. The molecule has 128 valence electrons. The van der Waals surface area contributed by atoms with E-state index >= 15 is 0 Å². The Morgan fingerprint density at radius 1 is 1.16 bits per heavy atom. The van der Waals surface area contributed by atoms with Crippen molar-refractivity contribution >= 4 is 5.97 Å². The third kappa shape index (κ3) is 4.44. The van der Waals surface area contributed by atoms with E-state index in [0.29, 0.717) is 17.2 Å². The number of benzene rings is 2. The summed E-state index contributed by atoms with van der Waals surface area (Å²) in [6.45, 7) is 1.54. The smallest absolute Gasteiger partial charge is 0.347 e. The fourth-order valence-corrected chi connectivity index (χ4v) is 2.15. The fourth-order valence-electron chi connectivity index (χ4n) is 2.15. The van der Waals surface area contributed by atoms with Gasteiger partial charge in [-0.3, -0.25) is 0 Å². The van der Waals surface area contributed by atoms with Crippen LogP contribution in [-0.4, -0.2) is 17.2 Å². The summed E-state index contributed by atoms with van der Waals surface area (Å²) in [6, 6.07) is 16.6. The van der Waals surface area contributed by atoms with Gasteiger partial charge in [-0.2, -0.15) is 0 Å². The molecule has 0 amide bonds. The predicted octanol–water partition coefficient (Wildman–Crippen LogP) is 3.99. The molecule has 0 bridgehead atoms. The Bertz CT molecular complexity index is 830. The molecule has 0 aliphatic rings. The van der Waals surface area contributed by atoms with Gasteiger partial charge < -0.3 is 14.0 Å². The zero-order valence-electron chi connectivity index (χ0n) is 13.5. The van der Waals surface area contributed by atoms with Crippen LogP contribution < -0.4 is 4.74 Å². The average molecular weight is 341 g/mol. The van der Waals surface area contributed by atoms with Gasteiger partial charge in [-0.25, -0.2) is 9.18 Å². The molecule has 0 spiro atoms. The first-order valence-electron chi connectivity index (χ1n) is 7.72. The molecule has 0 saturated carbocycles. The van der Waals surface area contributed by atoms with Crippen LogP contribution in [0, 0.1) is 5.82 Å². The van der Waals surface area contributed by atoms with Gasteiger partial charge in [0, 0.05) is 11.6 Å². The van der Waals surface area contributed by atoms with Crippen LogP contribution in [0.3, 0.4) is 0 Å².